The summed E-state index contributed by atoms with van der Waals surface area (Å²) in [6.07, 6.45) is 0.997. The summed E-state index contributed by atoms with van der Waals surface area (Å²) >= 11 is 0. The van der Waals surface area contributed by atoms with Crippen molar-refractivity contribution in [1.82, 2.24) is 10.6 Å². The van der Waals surface area contributed by atoms with Crippen molar-refractivity contribution in [1.29, 1.82) is 0 Å². The van der Waals surface area contributed by atoms with Gasteiger partial charge in [-0.3, -0.25) is 9.59 Å². The molecule has 0 aromatic carbocycles. The van der Waals surface area contributed by atoms with Crippen LogP contribution in [0.3, 0.4) is 0 Å². The van der Waals surface area contributed by atoms with Gasteiger partial charge in [0.15, 0.2) is 0 Å². The zero-order chi connectivity index (χ0) is 14.5. The minimum atomic E-state index is -0.957. The Morgan fingerprint density at radius 3 is 2.63 bits per heavy atom. The molecule has 19 heavy (non-hydrogen) atoms. The molecule has 0 saturated carbocycles. The molecule has 110 valence electrons. The minimum Gasteiger partial charge on any atom is -0.481 e. The number of aliphatic carboxylic acids is 1. The number of hydrogen-bond donors (Lipinski definition) is 3. The number of carboxylic acid groups (broad SMARTS) is 1. The monoisotopic (exact) mass is 272 g/mol. The second-order valence-electron chi connectivity index (χ2n) is 5.61. The van der Waals surface area contributed by atoms with Gasteiger partial charge in [0, 0.05) is 12.6 Å². The Balaban J connectivity index is 2.46. The average molecular weight is 272 g/mol. The van der Waals surface area contributed by atoms with E-state index in [2.05, 4.69) is 17.6 Å². The number of amides is 1. The first-order valence-corrected chi connectivity index (χ1v) is 6.70. The Bertz CT molecular complexity index is 331. The van der Waals surface area contributed by atoms with Gasteiger partial charge in [-0.25, -0.2) is 0 Å². The van der Waals surface area contributed by atoms with E-state index < -0.39 is 11.4 Å². The molecule has 6 heteroatoms. The fourth-order valence-electron chi connectivity index (χ4n) is 1.86. The van der Waals surface area contributed by atoms with Gasteiger partial charge < -0.3 is 20.5 Å². The normalized spacial score (nSPS) is 23.3. The van der Waals surface area contributed by atoms with E-state index in [1.165, 1.54) is 0 Å². The molecule has 1 heterocycles. The standard InChI is InChI=1S/C13H24N2O4/c1-4-5-14-10-7-19-6-9(10)11(16)15-8-13(2,3)12(17)18/h9-10,14H,4-8H2,1-3H3,(H,15,16)(H,17,18). The average Bonchev–Trinajstić information content (AvgIpc) is 2.81. The largest absolute Gasteiger partial charge is 0.481 e. The lowest BCUT2D eigenvalue weighted by Gasteiger charge is -2.23. The third-order valence-corrected chi connectivity index (χ3v) is 3.36. The summed E-state index contributed by atoms with van der Waals surface area (Å²) in [6.45, 7) is 7.13. The van der Waals surface area contributed by atoms with Crippen LogP contribution in [0.5, 0.6) is 0 Å². The third kappa shape index (κ3) is 4.47. The number of carbonyl (C=O) groups excluding carboxylic acids is 1. The van der Waals surface area contributed by atoms with E-state index in [1.807, 2.05) is 0 Å². The molecule has 0 aliphatic carbocycles. The van der Waals surface area contributed by atoms with E-state index in [4.69, 9.17) is 9.84 Å². The molecule has 1 aliphatic heterocycles. The Hall–Kier alpha value is -1.14. The van der Waals surface area contributed by atoms with Crippen LogP contribution in [0.15, 0.2) is 0 Å². The lowest BCUT2D eigenvalue weighted by molar-refractivity contribution is -0.146. The van der Waals surface area contributed by atoms with Crippen LogP contribution in [0, 0.1) is 11.3 Å². The van der Waals surface area contributed by atoms with E-state index in [1.54, 1.807) is 13.8 Å². The smallest absolute Gasteiger partial charge is 0.310 e. The SMILES string of the molecule is CCCNC1COCC1C(=O)NCC(C)(C)C(=O)O. The maximum atomic E-state index is 12.1. The number of hydrogen-bond acceptors (Lipinski definition) is 4. The van der Waals surface area contributed by atoms with Gasteiger partial charge >= 0.3 is 5.97 Å². The molecule has 1 rings (SSSR count). The Morgan fingerprint density at radius 2 is 2.05 bits per heavy atom. The maximum Gasteiger partial charge on any atom is 0.310 e. The van der Waals surface area contributed by atoms with Gasteiger partial charge in [-0.2, -0.15) is 0 Å². The molecular weight excluding hydrogens is 248 g/mol. The van der Waals surface area contributed by atoms with Gasteiger partial charge in [0.2, 0.25) is 5.91 Å². The second kappa shape index (κ2) is 6.86. The van der Waals surface area contributed by atoms with Crippen LogP contribution in [0.25, 0.3) is 0 Å². The van der Waals surface area contributed by atoms with Crippen LogP contribution in [0.4, 0.5) is 0 Å². The third-order valence-electron chi connectivity index (χ3n) is 3.36. The van der Waals surface area contributed by atoms with Crippen LogP contribution in [0.2, 0.25) is 0 Å². The molecule has 0 spiro atoms. The summed E-state index contributed by atoms with van der Waals surface area (Å²) in [6, 6.07) is 0.0212. The summed E-state index contributed by atoms with van der Waals surface area (Å²) in [5.41, 5.74) is -0.957. The summed E-state index contributed by atoms with van der Waals surface area (Å²) in [4.78, 5) is 23.0. The topological polar surface area (TPSA) is 87.7 Å². The van der Waals surface area contributed by atoms with Gasteiger partial charge in [0.05, 0.1) is 24.5 Å². The first kappa shape index (κ1) is 15.9. The Labute approximate surface area is 113 Å². The molecule has 0 aromatic heterocycles. The minimum absolute atomic E-state index is 0.0212. The Kier molecular flexibility index (Phi) is 5.75. The predicted octanol–water partition coefficient (Wildman–Crippen LogP) is 0.228. The van der Waals surface area contributed by atoms with E-state index in [9.17, 15) is 9.59 Å². The lowest BCUT2D eigenvalue weighted by atomic mass is 9.93. The molecule has 2 unspecified atom stereocenters. The second-order valence-corrected chi connectivity index (χ2v) is 5.61. The zero-order valence-electron chi connectivity index (χ0n) is 11.9. The van der Waals surface area contributed by atoms with Crippen LogP contribution in [-0.4, -0.2) is 49.3 Å². The van der Waals surface area contributed by atoms with E-state index >= 15 is 0 Å². The summed E-state index contributed by atoms with van der Waals surface area (Å²) in [5, 5.41) is 15.0. The molecule has 2 atom stereocenters. The number of rotatable bonds is 7. The van der Waals surface area contributed by atoms with Crippen molar-refractivity contribution in [2.24, 2.45) is 11.3 Å². The van der Waals surface area contributed by atoms with Crippen LogP contribution in [0.1, 0.15) is 27.2 Å². The predicted molar refractivity (Wildman–Crippen MR) is 70.8 cm³/mol. The maximum absolute atomic E-state index is 12.1. The van der Waals surface area contributed by atoms with Crippen LogP contribution >= 0.6 is 0 Å². The molecular formula is C13H24N2O4. The van der Waals surface area contributed by atoms with Gasteiger partial charge in [0.25, 0.3) is 0 Å². The van der Waals surface area contributed by atoms with E-state index in [0.717, 1.165) is 13.0 Å². The first-order valence-electron chi connectivity index (χ1n) is 6.70. The van der Waals surface area contributed by atoms with Crippen molar-refractivity contribution < 1.29 is 19.4 Å². The molecule has 1 saturated heterocycles. The van der Waals surface area contributed by atoms with Crippen molar-refractivity contribution in [2.45, 2.75) is 33.2 Å². The van der Waals surface area contributed by atoms with Crippen molar-refractivity contribution >= 4 is 11.9 Å². The highest BCUT2D eigenvalue weighted by molar-refractivity contribution is 5.81. The van der Waals surface area contributed by atoms with Crippen molar-refractivity contribution in [2.75, 3.05) is 26.3 Å². The molecule has 6 nitrogen and oxygen atoms in total. The van der Waals surface area contributed by atoms with Gasteiger partial charge in [-0.05, 0) is 26.8 Å². The number of ether oxygens (including phenoxy) is 1. The van der Waals surface area contributed by atoms with Crippen LogP contribution in [-0.2, 0) is 14.3 Å². The van der Waals surface area contributed by atoms with Crippen molar-refractivity contribution in [3.05, 3.63) is 0 Å². The fourth-order valence-corrected chi connectivity index (χ4v) is 1.86. The Morgan fingerprint density at radius 1 is 1.37 bits per heavy atom. The van der Waals surface area contributed by atoms with Gasteiger partial charge in [-0.15, -0.1) is 0 Å². The number of nitrogens with one attached hydrogen (secondary N) is 2. The highest BCUT2D eigenvalue weighted by Gasteiger charge is 2.35. The molecule has 0 bridgehead atoms. The van der Waals surface area contributed by atoms with Crippen molar-refractivity contribution in [3.8, 4) is 0 Å². The van der Waals surface area contributed by atoms with Gasteiger partial charge in [-0.1, -0.05) is 6.92 Å². The highest BCUT2D eigenvalue weighted by Crippen LogP contribution is 2.16. The van der Waals surface area contributed by atoms with E-state index in [-0.39, 0.29) is 24.4 Å². The molecule has 0 radical (unpaired) electrons. The highest BCUT2D eigenvalue weighted by atomic mass is 16.5. The summed E-state index contributed by atoms with van der Waals surface area (Å²) < 4.78 is 5.33. The summed E-state index contributed by atoms with van der Waals surface area (Å²) in [7, 11) is 0. The number of carbonyl (C=O) groups is 2. The first-order chi connectivity index (χ1) is 8.88. The lowest BCUT2D eigenvalue weighted by Crippen LogP contribution is -2.47. The molecule has 3 N–H and O–H groups in total. The summed E-state index contributed by atoms with van der Waals surface area (Å²) in [5.74, 6) is -1.30. The van der Waals surface area contributed by atoms with Crippen LogP contribution < -0.4 is 10.6 Å². The van der Waals surface area contributed by atoms with Crippen molar-refractivity contribution in [3.63, 3.8) is 0 Å². The molecule has 1 aliphatic rings. The van der Waals surface area contributed by atoms with E-state index in [0.29, 0.717) is 13.2 Å². The number of carboxylic acids is 1. The molecule has 1 amide bonds. The fraction of sp³-hybridized carbons (Fsp3) is 0.846. The molecule has 1 fully saturated rings. The van der Waals surface area contributed by atoms with Gasteiger partial charge in [0.1, 0.15) is 0 Å². The quantitative estimate of drug-likeness (QED) is 0.617. The molecule has 0 aromatic rings. The zero-order valence-corrected chi connectivity index (χ0v) is 11.9.